The van der Waals surface area contributed by atoms with Gasteiger partial charge in [-0.05, 0) is 32.4 Å². The van der Waals surface area contributed by atoms with Gasteiger partial charge >= 0.3 is 24.8 Å². The fourth-order valence-electron chi connectivity index (χ4n) is 2.99. The molecular weight excluding hydrogens is 349 g/mol. The number of carbonyl (C=O) groups is 2. The first kappa shape index (κ1) is 29.4. The molecule has 0 N–H and O–H groups in total. The van der Waals surface area contributed by atoms with E-state index in [0.717, 1.165) is 25.9 Å². The van der Waals surface area contributed by atoms with Crippen molar-refractivity contribution in [3.63, 3.8) is 0 Å². The molecule has 0 saturated carbocycles. The molecule has 0 rings (SSSR count). The third-order valence-electron chi connectivity index (χ3n) is 4.85. The molecule has 0 aliphatic carbocycles. The molecule has 5 nitrogen and oxygen atoms in total. The van der Waals surface area contributed by atoms with Gasteiger partial charge in [-0.3, -0.25) is 4.79 Å². The Labute approximate surface area is 184 Å². The van der Waals surface area contributed by atoms with Gasteiger partial charge in [-0.1, -0.05) is 71.4 Å². The molecule has 0 aliphatic heterocycles. The smallest absolute Gasteiger partial charge is 0.550 e. The largest absolute Gasteiger partial charge is 1.00 e. The van der Waals surface area contributed by atoms with Crippen LogP contribution in [0.4, 0.5) is 0 Å². The van der Waals surface area contributed by atoms with Crippen LogP contribution in [0.5, 0.6) is 0 Å². The number of carbonyl (C=O) groups excluding carboxylic acids is 2. The zero-order valence-corrected chi connectivity index (χ0v) is 18.7. The predicted molar refractivity (Wildman–Crippen MR) is 108 cm³/mol. The number of likely N-dealkylation sites (N-methyl/N-ethyl adjacent to an activating group) is 1. The van der Waals surface area contributed by atoms with E-state index in [1.165, 1.54) is 38.5 Å². The predicted octanol–water partition coefficient (Wildman–Crippen LogP) is 0.719. The molecule has 0 bridgehead atoms. The van der Waals surface area contributed by atoms with Crippen LogP contribution in [-0.2, 0) is 14.3 Å². The average molecular weight is 390 g/mol. The minimum Gasteiger partial charge on any atom is -0.550 e. The number of hydrogen-bond acceptors (Lipinski definition) is 5. The summed E-state index contributed by atoms with van der Waals surface area (Å²) >= 11 is 0. The number of hydrogen-bond donors (Lipinski definition) is 0. The van der Waals surface area contributed by atoms with Gasteiger partial charge in [0.2, 0.25) is 0 Å². The summed E-state index contributed by atoms with van der Waals surface area (Å²) in [7, 11) is 0. The molecule has 1 unspecified atom stereocenters. The molecule has 0 radical (unpaired) electrons. The van der Waals surface area contributed by atoms with E-state index < -0.39 is 17.9 Å². The quantitative estimate of drug-likeness (QED) is 0.150. The molecule has 0 amide bonds. The second-order valence-electron chi connectivity index (χ2n) is 7.08. The van der Waals surface area contributed by atoms with Gasteiger partial charge in [0.1, 0.15) is 6.61 Å². The van der Waals surface area contributed by atoms with E-state index in [2.05, 4.69) is 31.7 Å². The Kier molecular flexibility index (Phi) is 22.0. The molecular formula is C22H40LiNO4. The van der Waals surface area contributed by atoms with Gasteiger partial charge in [0.25, 0.3) is 0 Å². The molecule has 0 heterocycles. The van der Waals surface area contributed by atoms with Crippen LogP contribution in [0, 0.1) is 5.92 Å². The topological polar surface area (TPSA) is 69.7 Å². The summed E-state index contributed by atoms with van der Waals surface area (Å²) in [5.41, 5.74) is 0. The summed E-state index contributed by atoms with van der Waals surface area (Å²) in [4.78, 5) is 25.2. The Morgan fingerprint density at radius 2 is 1.57 bits per heavy atom. The minimum absolute atomic E-state index is 0. The molecule has 0 aliphatic rings. The Morgan fingerprint density at radius 1 is 0.964 bits per heavy atom. The Hall–Kier alpha value is -0.763. The molecule has 28 heavy (non-hydrogen) atoms. The van der Waals surface area contributed by atoms with Gasteiger partial charge in [-0.2, -0.15) is 0 Å². The average Bonchev–Trinajstić information content (AvgIpc) is 2.65. The number of carboxylic acid groups (broad SMARTS) is 1. The van der Waals surface area contributed by atoms with E-state index in [1.807, 2.05) is 6.08 Å². The molecule has 1 atom stereocenters. The zero-order valence-electron chi connectivity index (χ0n) is 18.7. The summed E-state index contributed by atoms with van der Waals surface area (Å²) < 4.78 is 5.28. The number of carboxylic acids is 1. The molecule has 0 aromatic carbocycles. The first-order chi connectivity index (χ1) is 13.0. The van der Waals surface area contributed by atoms with Crippen LogP contribution in [0.3, 0.4) is 0 Å². The number of ether oxygens (including phenoxy) is 1. The van der Waals surface area contributed by atoms with Crippen molar-refractivity contribution in [1.29, 1.82) is 0 Å². The normalized spacial score (nSPS) is 12.1. The third kappa shape index (κ3) is 17.3. The summed E-state index contributed by atoms with van der Waals surface area (Å²) in [6.07, 6.45) is 13.9. The van der Waals surface area contributed by atoms with Crippen molar-refractivity contribution in [3.05, 3.63) is 12.2 Å². The summed E-state index contributed by atoms with van der Waals surface area (Å²) in [6, 6.07) is 0. The van der Waals surface area contributed by atoms with Gasteiger partial charge in [0, 0.05) is 18.9 Å². The maximum Gasteiger partial charge on any atom is 1.00 e. The fourth-order valence-corrected chi connectivity index (χ4v) is 2.99. The maximum atomic E-state index is 12.2. The number of nitrogens with zero attached hydrogens (tertiary/aromatic N) is 1. The number of allylic oxidation sites excluding steroid dienone is 2. The fraction of sp³-hybridized carbons (Fsp3) is 0.818. The van der Waals surface area contributed by atoms with E-state index in [9.17, 15) is 14.7 Å². The van der Waals surface area contributed by atoms with Gasteiger partial charge < -0.3 is 19.5 Å². The number of aliphatic carboxylic acids is 1. The van der Waals surface area contributed by atoms with E-state index >= 15 is 0 Å². The third-order valence-corrected chi connectivity index (χ3v) is 4.85. The van der Waals surface area contributed by atoms with E-state index in [4.69, 9.17) is 4.74 Å². The van der Waals surface area contributed by atoms with Crippen molar-refractivity contribution in [2.24, 2.45) is 5.92 Å². The van der Waals surface area contributed by atoms with Crippen LogP contribution in [0.15, 0.2) is 12.2 Å². The van der Waals surface area contributed by atoms with Crippen molar-refractivity contribution in [3.8, 4) is 0 Å². The first-order valence-electron chi connectivity index (χ1n) is 10.8. The van der Waals surface area contributed by atoms with Crippen molar-refractivity contribution in [1.82, 2.24) is 4.90 Å². The van der Waals surface area contributed by atoms with Gasteiger partial charge in [-0.15, -0.1) is 0 Å². The second kappa shape index (κ2) is 21.0. The van der Waals surface area contributed by atoms with Crippen molar-refractivity contribution in [2.75, 3.05) is 26.2 Å². The van der Waals surface area contributed by atoms with Gasteiger partial charge in [0.15, 0.2) is 0 Å². The van der Waals surface area contributed by atoms with E-state index in [1.54, 1.807) is 0 Å². The Bertz CT molecular complexity index is 411. The van der Waals surface area contributed by atoms with Gasteiger partial charge in [-0.25, -0.2) is 0 Å². The van der Waals surface area contributed by atoms with E-state index in [0.29, 0.717) is 19.6 Å². The molecule has 0 saturated heterocycles. The maximum absolute atomic E-state index is 12.2. The van der Waals surface area contributed by atoms with Crippen LogP contribution >= 0.6 is 0 Å². The molecule has 0 fully saturated rings. The van der Waals surface area contributed by atoms with Gasteiger partial charge in [0.05, 0.1) is 5.92 Å². The Morgan fingerprint density at radius 3 is 2.14 bits per heavy atom. The van der Waals surface area contributed by atoms with Crippen LogP contribution < -0.4 is 24.0 Å². The van der Waals surface area contributed by atoms with Crippen molar-refractivity contribution < 1.29 is 38.3 Å². The number of esters is 1. The van der Waals surface area contributed by atoms with Crippen LogP contribution in [0.25, 0.3) is 0 Å². The molecule has 0 aromatic rings. The second-order valence-corrected chi connectivity index (χ2v) is 7.08. The summed E-state index contributed by atoms with van der Waals surface area (Å²) in [5, 5.41) is 10.9. The molecule has 0 spiro atoms. The van der Waals surface area contributed by atoms with Crippen molar-refractivity contribution >= 4 is 11.9 Å². The summed E-state index contributed by atoms with van der Waals surface area (Å²) in [6.45, 7) is 9.10. The molecule has 0 aromatic heterocycles. The summed E-state index contributed by atoms with van der Waals surface area (Å²) in [5.74, 6) is -2.30. The number of unbranched alkanes of at least 4 members (excludes halogenated alkanes) is 7. The number of rotatable bonds is 18. The standard InChI is InChI=1S/C22H41NO4.Li/c1-4-7-8-9-10-11-12-13-14-15-16-20(19-21(24)25)22(26)27-18-17-23(5-2)6-3;/h14-15,20H,4-13,16-19H2,1-3H3,(H,24,25);/q;+1/p-1/b15-14+;. The van der Waals surface area contributed by atoms with Crippen LogP contribution in [-0.4, -0.2) is 43.1 Å². The van der Waals surface area contributed by atoms with Crippen LogP contribution in [0.2, 0.25) is 0 Å². The molecule has 158 valence electrons. The minimum atomic E-state index is -1.21. The zero-order chi connectivity index (χ0) is 20.3. The monoisotopic (exact) mass is 389 g/mol. The van der Waals surface area contributed by atoms with E-state index in [-0.39, 0.29) is 25.3 Å². The van der Waals surface area contributed by atoms with Crippen LogP contribution in [0.1, 0.15) is 85.0 Å². The SMILES string of the molecule is CCCCCCCCC/C=C/CC(CC(=O)[O-])C(=O)OCCN(CC)CC.[Li+]. The van der Waals surface area contributed by atoms with Crippen molar-refractivity contribution in [2.45, 2.75) is 85.0 Å². The molecule has 6 heteroatoms. The Balaban J connectivity index is 0. The first-order valence-corrected chi connectivity index (χ1v) is 10.8.